The Morgan fingerprint density at radius 2 is 1.96 bits per heavy atom. The fraction of sp³-hybridized carbons (Fsp3) is 0.294. The maximum absolute atomic E-state index is 13.3. The van der Waals surface area contributed by atoms with E-state index < -0.39 is 21.7 Å². The minimum absolute atomic E-state index is 0.0541. The second-order valence-electron chi connectivity index (χ2n) is 5.97. The summed E-state index contributed by atoms with van der Waals surface area (Å²) in [4.78, 5) is 9.15. The zero-order valence-electron chi connectivity index (χ0n) is 15.1. The van der Waals surface area contributed by atoms with Crippen LogP contribution < -0.4 is 9.57 Å². The number of benzene rings is 1. The molecule has 0 spiro atoms. The minimum atomic E-state index is -4.64. The molecule has 2 aromatic heterocycles. The molecule has 150 valence electrons. The molecular formula is C17H16BrF3N3O3S+. The lowest BCUT2D eigenvalue weighted by Crippen LogP contribution is -2.47. The number of hydrogen-bond donors (Lipinski definition) is 0. The van der Waals surface area contributed by atoms with E-state index in [1.54, 1.807) is 19.2 Å². The van der Waals surface area contributed by atoms with Crippen LogP contribution in [-0.4, -0.2) is 30.8 Å². The zero-order valence-corrected chi connectivity index (χ0v) is 17.5. The molecule has 0 amide bonds. The highest BCUT2D eigenvalue weighted by atomic mass is 79.9. The quantitative estimate of drug-likeness (QED) is 0.540. The molecule has 11 heteroatoms. The molecule has 6 nitrogen and oxygen atoms in total. The predicted octanol–water partition coefficient (Wildman–Crippen LogP) is 3.16. The van der Waals surface area contributed by atoms with Crippen molar-refractivity contribution in [3.63, 3.8) is 0 Å². The van der Waals surface area contributed by atoms with Crippen molar-refractivity contribution in [3.05, 3.63) is 40.6 Å². The summed E-state index contributed by atoms with van der Waals surface area (Å²) in [7, 11) is -0.868. The Balaban J connectivity index is 2.34. The summed E-state index contributed by atoms with van der Waals surface area (Å²) in [5, 5.41) is 0. The summed E-state index contributed by atoms with van der Waals surface area (Å²) in [5.41, 5.74) is -0.292. The van der Waals surface area contributed by atoms with Crippen LogP contribution in [0.2, 0.25) is 0 Å². The predicted molar refractivity (Wildman–Crippen MR) is 99.3 cm³/mol. The summed E-state index contributed by atoms with van der Waals surface area (Å²) in [6.07, 6.45) is -3.47. The molecule has 0 N–H and O–H groups in total. The third-order valence-corrected chi connectivity index (χ3v) is 6.57. The number of aryl methyl sites for hydroxylation is 1. The molecule has 0 saturated heterocycles. The SMILES string of the molecule is CCS(=O)(=O)c1cc(Br)ccc1-c1nc2cc(C(F)(F)F)[n+](OC)cc2n1C. The molecule has 0 radical (unpaired) electrons. The Kier molecular flexibility index (Phi) is 5.17. The first-order valence-electron chi connectivity index (χ1n) is 8.06. The molecule has 3 rings (SSSR count). The summed E-state index contributed by atoms with van der Waals surface area (Å²) >= 11 is 3.26. The van der Waals surface area contributed by atoms with Gasteiger partial charge in [-0.1, -0.05) is 22.9 Å². The second-order valence-corrected chi connectivity index (χ2v) is 9.14. The number of halogens is 4. The number of sulfone groups is 1. The second kappa shape index (κ2) is 7.03. The molecule has 1 aromatic carbocycles. The Morgan fingerprint density at radius 3 is 2.54 bits per heavy atom. The number of fused-ring (bicyclic) bond motifs is 1. The van der Waals surface area contributed by atoms with Gasteiger partial charge in [0.05, 0.1) is 10.6 Å². The van der Waals surface area contributed by atoms with Crippen molar-refractivity contribution < 1.29 is 31.2 Å². The van der Waals surface area contributed by atoms with Gasteiger partial charge in [0.25, 0.3) is 0 Å². The number of nitrogens with zero attached hydrogens (tertiary/aromatic N) is 3. The van der Waals surface area contributed by atoms with E-state index in [-0.39, 0.29) is 22.0 Å². The summed E-state index contributed by atoms with van der Waals surface area (Å²) in [6, 6.07) is 5.56. The number of hydrogen-bond acceptors (Lipinski definition) is 4. The number of imidazole rings is 1. The van der Waals surface area contributed by atoms with E-state index in [0.717, 1.165) is 13.2 Å². The molecule has 0 fully saturated rings. The van der Waals surface area contributed by atoms with Crippen molar-refractivity contribution in [2.24, 2.45) is 7.05 Å². The van der Waals surface area contributed by atoms with Crippen LogP contribution in [0.5, 0.6) is 0 Å². The van der Waals surface area contributed by atoms with E-state index in [1.807, 2.05) is 0 Å². The van der Waals surface area contributed by atoms with Gasteiger partial charge in [-0.05, 0) is 18.2 Å². The van der Waals surface area contributed by atoms with E-state index in [1.165, 1.54) is 23.8 Å². The van der Waals surface area contributed by atoms with Gasteiger partial charge in [0, 0.05) is 27.9 Å². The van der Waals surface area contributed by atoms with Gasteiger partial charge >= 0.3 is 11.9 Å². The van der Waals surface area contributed by atoms with Crippen LogP contribution >= 0.6 is 15.9 Å². The smallest absolute Gasteiger partial charge is 0.322 e. The lowest BCUT2D eigenvalue weighted by atomic mass is 10.2. The monoisotopic (exact) mass is 478 g/mol. The van der Waals surface area contributed by atoms with Crippen LogP contribution in [-0.2, 0) is 23.1 Å². The first-order chi connectivity index (χ1) is 13.0. The topological polar surface area (TPSA) is 65.1 Å². The number of alkyl halides is 3. The maximum atomic E-state index is 13.3. The van der Waals surface area contributed by atoms with Crippen molar-refractivity contribution in [2.45, 2.75) is 18.0 Å². The van der Waals surface area contributed by atoms with Gasteiger partial charge in [-0.15, -0.1) is 0 Å². The largest absolute Gasteiger partial charge is 0.482 e. The van der Waals surface area contributed by atoms with E-state index in [0.29, 0.717) is 20.3 Å². The fourth-order valence-electron chi connectivity index (χ4n) is 2.86. The molecular weight excluding hydrogens is 463 g/mol. The van der Waals surface area contributed by atoms with Gasteiger partial charge in [0.15, 0.2) is 9.84 Å². The molecule has 2 heterocycles. The van der Waals surface area contributed by atoms with Crippen molar-refractivity contribution in [1.82, 2.24) is 9.55 Å². The Bertz CT molecular complexity index is 1170. The Hall–Kier alpha value is -2.14. The van der Waals surface area contributed by atoms with Crippen molar-refractivity contribution >= 4 is 36.8 Å². The lowest BCUT2D eigenvalue weighted by Gasteiger charge is -2.10. The van der Waals surface area contributed by atoms with Crippen LogP contribution in [0, 0.1) is 0 Å². The average molecular weight is 479 g/mol. The van der Waals surface area contributed by atoms with E-state index in [4.69, 9.17) is 4.84 Å². The maximum Gasteiger partial charge on any atom is 0.482 e. The molecule has 3 aromatic rings. The van der Waals surface area contributed by atoms with Crippen LogP contribution in [0.3, 0.4) is 0 Å². The van der Waals surface area contributed by atoms with Crippen LogP contribution in [0.15, 0.2) is 39.8 Å². The van der Waals surface area contributed by atoms with Crippen molar-refractivity contribution in [1.29, 1.82) is 0 Å². The molecule has 0 aliphatic heterocycles. The number of rotatable bonds is 4. The normalized spacial score (nSPS) is 12.5. The molecule has 0 saturated carbocycles. The minimum Gasteiger partial charge on any atom is -0.322 e. The van der Waals surface area contributed by atoms with Gasteiger partial charge in [-0.3, -0.25) is 4.84 Å². The highest BCUT2D eigenvalue weighted by molar-refractivity contribution is 9.10. The van der Waals surface area contributed by atoms with Crippen LogP contribution in [0.1, 0.15) is 12.6 Å². The Morgan fingerprint density at radius 1 is 1.29 bits per heavy atom. The standard InChI is InChI=1S/C17H16BrF3N3O3S/c1-4-28(25,26)14-7-10(18)5-6-11(14)16-22-12-8-15(17(19,20)21)24(27-3)9-13(12)23(16)2/h5-9H,4H2,1-3H3/q+1. The molecule has 0 atom stereocenters. The van der Waals surface area contributed by atoms with Crippen LogP contribution in [0.25, 0.3) is 22.4 Å². The molecule has 0 unspecified atom stereocenters. The third kappa shape index (κ3) is 3.48. The van der Waals surface area contributed by atoms with Crippen molar-refractivity contribution in [2.75, 3.05) is 12.9 Å². The van der Waals surface area contributed by atoms with Crippen molar-refractivity contribution in [3.8, 4) is 11.4 Å². The van der Waals surface area contributed by atoms with E-state index in [9.17, 15) is 21.6 Å². The summed E-state index contributed by atoms with van der Waals surface area (Å²) in [5.74, 6) is 0.110. The Labute approximate surface area is 167 Å². The van der Waals surface area contributed by atoms with Crippen LogP contribution in [0.4, 0.5) is 13.2 Å². The average Bonchev–Trinajstić information content (AvgIpc) is 2.96. The molecule has 0 aliphatic rings. The van der Waals surface area contributed by atoms with Gasteiger partial charge in [-0.25, -0.2) is 13.4 Å². The first-order valence-corrected chi connectivity index (χ1v) is 10.5. The van der Waals surface area contributed by atoms with E-state index in [2.05, 4.69) is 20.9 Å². The fourth-order valence-corrected chi connectivity index (χ4v) is 4.48. The molecule has 28 heavy (non-hydrogen) atoms. The number of pyridine rings is 1. The summed E-state index contributed by atoms with van der Waals surface area (Å²) < 4.78 is 67.6. The lowest BCUT2D eigenvalue weighted by molar-refractivity contribution is -0.895. The first kappa shape index (κ1) is 20.6. The highest BCUT2D eigenvalue weighted by Gasteiger charge is 2.43. The van der Waals surface area contributed by atoms with Gasteiger partial charge in [-0.2, -0.15) is 13.2 Å². The zero-order chi connectivity index (χ0) is 20.9. The third-order valence-electron chi connectivity index (χ3n) is 4.31. The summed E-state index contributed by atoms with van der Waals surface area (Å²) in [6.45, 7) is 1.52. The van der Waals surface area contributed by atoms with Gasteiger partial charge < -0.3 is 4.57 Å². The molecule has 0 aliphatic carbocycles. The van der Waals surface area contributed by atoms with E-state index >= 15 is 0 Å². The molecule has 0 bridgehead atoms. The van der Waals surface area contributed by atoms with Gasteiger partial charge in [0.1, 0.15) is 24.0 Å². The highest BCUT2D eigenvalue weighted by Crippen LogP contribution is 2.33. The van der Waals surface area contributed by atoms with Gasteiger partial charge in [0.2, 0.25) is 6.20 Å². The number of aromatic nitrogens is 3.